The van der Waals surface area contributed by atoms with Crippen LogP contribution in [-0.2, 0) is 10.0 Å². The summed E-state index contributed by atoms with van der Waals surface area (Å²) in [5, 5.41) is 0. The number of sulfonamides is 1. The Morgan fingerprint density at radius 2 is 2.06 bits per heavy atom. The Morgan fingerprint density at radius 3 is 2.62 bits per heavy atom. The minimum Gasteiger partial charge on any atom is -0.330 e. The van der Waals surface area contributed by atoms with Crippen LogP contribution in [0.5, 0.6) is 0 Å². The van der Waals surface area contributed by atoms with Gasteiger partial charge in [-0.3, -0.25) is 4.31 Å². The van der Waals surface area contributed by atoms with Crippen molar-refractivity contribution < 1.29 is 8.42 Å². The Labute approximate surface area is 97.1 Å². The molecule has 1 aromatic carbocycles. The van der Waals surface area contributed by atoms with Gasteiger partial charge in [-0.25, -0.2) is 8.42 Å². The molecule has 0 saturated heterocycles. The van der Waals surface area contributed by atoms with Crippen molar-refractivity contribution in [3.8, 4) is 0 Å². The van der Waals surface area contributed by atoms with Crippen molar-refractivity contribution in [1.29, 1.82) is 0 Å². The van der Waals surface area contributed by atoms with Crippen molar-refractivity contribution in [1.82, 2.24) is 0 Å². The van der Waals surface area contributed by atoms with Gasteiger partial charge in [-0.05, 0) is 37.6 Å². The Balaban J connectivity index is 2.89. The fourth-order valence-corrected chi connectivity index (χ4v) is 2.63. The van der Waals surface area contributed by atoms with E-state index in [1.165, 1.54) is 4.31 Å². The van der Waals surface area contributed by atoms with Crippen LogP contribution in [0.25, 0.3) is 0 Å². The van der Waals surface area contributed by atoms with Crippen LogP contribution in [0.4, 0.5) is 5.69 Å². The fourth-order valence-electron chi connectivity index (χ4n) is 1.39. The van der Waals surface area contributed by atoms with Crippen molar-refractivity contribution in [3.63, 3.8) is 0 Å². The molecule has 0 atom stereocenters. The Kier molecular flexibility index (Phi) is 4.32. The monoisotopic (exact) mass is 242 g/mol. The number of aryl methyl sites for hydroxylation is 1. The molecule has 0 saturated carbocycles. The second-order valence-corrected chi connectivity index (χ2v) is 5.88. The van der Waals surface area contributed by atoms with Crippen molar-refractivity contribution in [2.75, 3.05) is 23.7 Å². The van der Waals surface area contributed by atoms with E-state index in [1.54, 1.807) is 13.1 Å². The van der Waals surface area contributed by atoms with Crippen molar-refractivity contribution in [3.05, 3.63) is 29.8 Å². The molecule has 0 aromatic heterocycles. The van der Waals surface area contributed by atoms with Crippen LogP contribution in [0.1, 0.15) is 12.0 Å². The number of nitrogens with two attached hydrogens (primary N) is 1. The van der Waals surface area contributed by atoms with Crippen LogP contribution in [0, 0.1) is 6.92 Å². The maximum atomic E-state index is 11.9. The van der Waals surface area contributed by atoms with Gasteiger partial charge in [-0.15, -0.1) is 0 Å². The van der Waals surface area contributed by atoms with E-state index in [-0.39, 0.29) is 5.75 Å². The van der Waals surface area contributed by atoms with E-state index < -0.39 is 10.0 Å². The summed E-state index contributed by atoms with van der Waals surface area (Å²) >= 11 is 0. The van der Waals surface area contributed by atoms with Gasteiger partial charge in [0.15, 0.2) is 0 Å². The standard InChI is InChI=1S/C11H18N2O2S/c1-10-5-3-6-11(9-10)13(2)16(14,15)8-4-7-12/h3,5-6,9H,4,7-8,12H2,1-2H3. The Bertz CT molecular complexity index is 443. The molecular weight excluding hydrogens is 224 g/mol. The summed E-state index contributed by atoms with van der Waals surface area (Å²) in [6.45, 7) is 2.32. The van der Waals surface area contributed by atoms with Gasteiger partial charge in [0.25, 0.3) is 0 Å². The van der Waals surface area contributed by atoms with Crippen LogP contribution < -0.4 is 10.0 Å². The van der Waals surface area contributed by atoms with E-state index in [4.69, 9.17) is 5.73 Å². The SMILES string of the molecule is Cc1cccc(N(C)S(=O)(=O)CCCN)c1. The lowest BCUT2D eigenvalue weighted by molar-refractivity contribution is 0.592. The molecule has 4 nitrogen and oxygen atoms in total. The van der Waals surface area contributed by atoms with Crippen molar-refractivity contribution in [2.45, 2.75) is 13.3 Å². The van der Waals surface area contributed by atoms with E-state index in [2.05, 4.69) is 0 Å². The normalized spacial score (nSPS) is 11.4. The summed E-state index contributed by atoms with van der Waals surface area (Å²) in [6.07, 6.45) is 0.485. The third kappa shape index (κ3) is 3.21. The van der Waals surface area contributed by atoms with Gasteiger partial charge < -0.3 is 5.73 Å². The summed E-state index contributed by atoms with van der Waals surface area (Å²) in [5.41, 5.74) is 7.05. The molecule has 2 N–H and O–H groups in total. The van der Waals surface area contributed by atoms with Crippen molar-refractivity contribution in [2.24, 2.45) is 5.73 Å². The van der Waals surface area contributed by atoms with Gasteiger partial charge in [-0.2, -0.15) is 0 Å². The molecule has 0 aliphatic heterocycles. The molecule has 1 aromatic rings. The molecule has 0 bridgehead atoms. The summed E-state index contributed by atoms with van der Waals surface area (Å²) in [6, 6.07) is 7.41. The van der Waals surface area contributed by atoms with Gasteiger partial charge in [0, 0.05) is 7.05 Å². The topological polar surface area (TPSA) is 63.4 Å². The fraction of sp³-hybridized carbons (Fsp3) is 0.455. The highest BCUT2D eigenvalue weighted by atomic mass is 32.2. The first-order valence-corrected chi connectivity index (χ1v) is 6.81. The van der Waals surface area contributed by atoms with Crippen LogP contribution >= 0.6 is 0 Å². The average molecular weight is 242 g/mol. The lowest BCUT2D eigenvalue weighted by Crippen LogP contribution is -2.29. The lowest BCUT2D eigenvalue weighted by Gasteiger charge is -2.19. The first kappa shape index (κ1) is 13.0. The summed E-state index contributed by atoms with van der Waals surface area (Å²) in [5.74, 6) is 0.0912. The van der Waals surface area contributed by atoms with E-state index in [0.717, 1.165) is 5.56 Å². The number of nitrogens with zero attached hydrogens (tertiary/aromatic N) is 1. The molecule has 0 aliphatic rings. The molecule has 0 spiro atoms. The second kappa shape index (κ2) is 5.32. The molecule has 0 amide bonds. The highest BCUT2D eigenvalue weighted by molar-refractivity contribution is 7.92. The van der Waals surface area contributed by atoms with E-state index in [0.29, 0.717) is 18.7 Å². The molecule has 90 valence electrons. The van der Waals surface area contributed by atoms with Crippen LogP contribution in [-0.4, -0.2) is 27.8 Å². The van der Waals surface area contributed by atoms with Crippen LogP contribution in [0.2, 0.25) is 0 Å². The number of rotatable bonds is 5. The smallest absolute Gasteiger partial charge is 0.234 e. The molecule has 0 aliphatic carbocycles. The van der Waals surface area contributed by atoms with E-state index in [9.17, 15) is 8.42 Å². The minimum absolute atomic E-state index is 0.0912. The number of anilines is 1. The highest BCUT2D eigenvalue weighted by Gasteiger charge is 2.17. The zero-order valence-electron chi connectivity index (χ0n) is 9.68. The van der Waals surface area contributed by atoms with Crippen molar-refractivity contribution >= 4 is 15.7 Å². The third-order valence-corrected chi connectivity index (χ3v) is 4.24. The molecule has 1 rings (SSSR count). The molecule has 0 heterocycles. The maximum absolute atomic E-state index is 11.9. The van der Waals surface area contributed by atoms with Gasteiger partial charge in [0.2, 0.25) is 10.0 Å². The predicted octanol–water partition coefficient (Wildman–Crippen LogP) is 1.11. The molecular formula is C11H18N2O2S. The molecule has 16 heavy (non-hydrogen) atoms. The molecule has 5 heteroatoms. The van der Waals surface area contributed by atoms with Crippen LogP contribution in [0.3, 0.4) is 0 Å². The summed E-state index contributed by atoms with van der Waals surface area (Å²) in [4.78, 5) is 0. The lowest BCUT2D eigenvalue weighted by atomic mass is 10.2. The maximum Gasteiger partial charge on any atom is 0.234 e. The largest absolute Gasteiger partial charge is 0.330 e. The second-order valence-electron chi connectivity index (χ2n) is 3.76. The van der Waals surface area contributed by atoms with E-state index >= 15 is 0 Å². The zero-order chi connectivity index (χ0) is 12.2. The first-order valence-electron chi connectivity index (χ1n) is 5.21. The van der Waals surface area contributed by atoms with Gasteiger partial charge >= 0.3 is 0 Å². The number of hydrogen-bond acceptors (Lipinski definition) is 3. The minimum atomic E-state index is -3.24. The number of benzene rings is 1. The quantitative estimate of drug-likeness (QED) is 0.841. The third-order valence-electron chi connectivity index (χ3n) is 2.39. The highest BCUT2D eigenvalue weighted by Crippen LogP contribution is 2.17. The molecule has 0 radical (unpaired) electrons. The Morgan fingerprint density at radius 1 is 1.38 bits per heavy atom. The summed E-state index contributed by atoms with van der Waals surface area (Å²) < 4.78 is 25.1. The molecule has 0 unspecified atom stereocenters. The summed E-state index contributed by atoms with van der Waals surface area (Å²) in [7, 11) is -1.67. The van der Waals surface area contributed by atoms with E-state index in [1.807, 2.05) is 25.1 Å². The van der Waals surface area contributed by atoms with Gasteiger partial charge in [-0.1, -0.05) is 12.1 Å². The molecule has 0 fully saturated rings. The van der Waals surface area contributed by atoms with Gasteiger partial charge in [0.05, 0.1) is 11.4 Å². The first-order chi connectivity index (χ1) is 7.47. The predicted molar refractivity (Wildman–Crippen MR) is 67.0 cm³/mol. The van der Waals surface area contributed by atoms with Crippen LogP contribution in [0.15, 0.2) is 24.3 Å². The Hall–Kier alpha value is -1.07. The average Bonchev–Trinajstić information content (AvgIpc) is 2.25. The van der Waals surface area contributed by atoms with Gasteiger partial charge in [0.1, 0.15) is 0 Å². The zero-order valence-corrected chi connectivity index (χ0v) is 10.5. The number of hydrogen-bond donors (Lipinski definition) is 1.